The number of azide groups is 1. The minimum atomic E-state index is -0.739. The van der Waals surface area contributed by atoms with Gasteiger partial charge in [0.25, 0.3) is 0 Å². The SMILES string of the molecule is [N-]=[N+]=NOC(=O)[C@@H](N)CCCCN. The van der Waals surface area contributed by atoms with E-state index in [1.165, 1.54) is 0 Å². The fraction of sp³-hybridized carbons (Fsp3) is 0.833. The fourth-order valence-electron chi connectivity index (χ4n) is 0.753. The van der Waals surface area contributed by atoms with Crippen LogP contribution in [0.1, 0.15) is 19.3 Å². The zero-order valence-corrected chi connectivity index (χ0v) is 7.22. The molecule has 0 aromatic carbocycles. The van der Waals surface area contributed by atoms with Crippen LogP contribution < -0.4 is 11.5 Å². The standard InChI is InChI=1S/C6H13N5O2/c7-4-2-1-3-5(8)6(12)13-11-10-9/h5H,1-4,7-8H2/t5-/m0/s1. The second-order valence-electron chi connectivity index (χ2n) is 2.47. The van der Waals surface area contributed by atoms with Crippen molar-refractivity contribution >= 4 is 5.97 Å². The topological polar surface area (TPSA) is 127 Å². The first-order valence-electron chi connectivity index (χ1n) is 3.93. The lowest BCUT2D eigenvalue weighted by Gasteiger charge is -2.06. The van der Waals surface area contributed by atoms with Gasteiger partial charge in [0.15, 0.2) is 0 Å². The van der Waals surface area contributed by atoms with Gasteiger partial charge in [-0.2, -0.15) is 0 Å². The molecule has 0 aliphatic rings. The van der Waals surface area contributed by atoms with Gasteiger partial charge in [-0.1, -0.05) is 6.42 Å². The molecule has 4 N–H and O–H groups in total. The molecule has 0 heterocycles. The van der Waals surface area contributed by atoms with E-state index >= 15 is 0 Å². The first-order valence-corrected chi connectivity index (χ1v) is 3.93. The van der Waals surface area contributed by atoms with Crippen LogP contribution in [0.5, 0.6) is 0 Å². The summed E-state index contributed by atoms with van der Waals surface area (Å²) in [6.07, 6.45) is 2.04. The molecule has 0 saturated carbocycles. The molecule has 13 heavy (non-hydrogen) atoms. The van der Waals surface area contributed by atoms with E-state index in [0.717, 1.165) is 12.8 Å². The Balaban J connectivity index is 3.62. The predicted molar refractivity (Wildman–Crippen MR) is 46.1 cm³/mol. The highest BCUT2D eigenvalue weighted by molar-refractivity contribution is 5.75. The highest BCUT2D eigenvalue weighted by Crippen LogP contribution is 1.99. The molecule has 74 valence electrons. The van der Waals surface area contributed by atoms with E-state index in [1.807, 2.05) is 0 Å². The molecule has 0 saturated heterocycles. The van der Waals surface area contributed by atoms with Gasteiger partial charge in [0.05, 0.1) is 0 Å². The lowest BCUT2D eigenvalue weighted by Crippen LogP contribution is -2.31. The van der Waals surface area contributed by atoms with Gasteiger partial charge in [0.1, 0.15) is 11.3 Å². The summed E-state index contributed by atoms with van der Waals surface area (Å²) in [4.78, 5) is 17.2. The fourth-order valence-corrected chi connectivity index (χ4v) is 0.753. The van der Waals surface area contributed by atoms with E-state index < -0.39 is 12.0 Å². The number of nitrogens with zero attached hydrogens (tertiary/aromatic N) is 3. The normalized spacial score (nSPS) is 11.5. The minimum absolute atomic E-state index is 0.483. The number of carbonyl (C=O) groups is 1. The van der Waals surface area contributed by atoms with Crippen LogP contribution in [-0.2, 0) is 9.63 Å². The van der Waals surface area contributed by atoms with Crippen molar-refractivity contribution in [3.63, 3.8) is 0 Å². The van der Waals surface area contributed by atoms with Crippen LogP contribution in [0.2, 0.25) is 0 Å². The summed E-state index contributed by atoms with van der Waals surface area (Å²) in [6, 6.07) is -0.739. The maximum atomic E-state index is 10.9. The van der Waals surface area contributed by atoms with Crippen molar-refractivity contribution in [2.45, 2.75) is 25.3 Å². The predicted octanol–water partition coefficient (Wildman–Crippen LogP) is 0.211. The third-order valence-corrected chi connectivity index (χ3v) is 1.44. The van der Waals surface area contributed by atoms with E-state index in [0.29, 0.717) is 13.0 Å². The Morgan fingerprint density at radius 1 is 1.62 bits per heavy atom. The molecule has 1 atom stereocenters. The van der Waals surface area contributed by atoms with Gasteiger partial charge in [-0.15, -0.1) is 0 Å². The average Bonchev–Trinajstić information content (AvgIpc) is 2.14. The molecular formula is C6H13N5O2. The van der Waals surface area contributed by atoms with E-state index in [9.17, 15) is 4.79 Å². The Labute approximate surface area is 75.6 Å². The first kappa shape index (κ1) is 11.7. The van der Waals surface area contributed by atoms with E-state index in [2.05, 4.69) is 15.0 Å². The van der Waals surface area contributed by atoms with Crippen LogP contribution in [-0.4, -0.2) is 18.6 Å². The Bertz CT molecular complexity index is 201. The molecule has 0 aromatic rings. The van der Waals surface area contributed by atoms with Crippen LogP contribution in [0.15, 0.2) is 5.28 Å². The van der Waals surface area contributed by atoms with Gasteiger partial charge < -0.3 is 16.3 Å². The maximum Gasteiger partial charge on any atom is 0.334 e. The van der Waals surface area contributed by atoms with Crippen molar-refractivity contribution in [2.75, 3.05) is 6.54 Å². The molecular weight excluding hydrogens is 174 g/mol. The second kappa shape index (κ2) is 7.35. The van der Waals surface area contributed by atoms with E-state index in [-0.39, 0.29) is 0 Å². The van der Waals surface area contributed by atoms with Crippen LogP contribution in [0.25, 0.3) is 10.4 Å². The number of hydrogen-bond donors (Lipinski definition) is 2. The minimum Gasteiger partial charge on any atom is -0.357 e. The number of unbranched alkanes of at least 4 members (excludes halogenated alkanes) is 1. The molecule has 0 fully saturated rings. The molecule has 0 radical (unpaired) electrons. The summed E-state index contributed by atoms with van der Waals surface area (Å²) in [7, 11) is 0. The Morgan fingerprint density at radius 3 is 2.85 bits per heavy atom. The van der Waals surface area contributed by atoms with Gasteiger partial charge in [-0.25, -0.2) is 4.79 Å². The van der Waals surface area contributed by atoms with Crippen LogP contribution in [0.4, 0.5) is 0 Å². The van der Waals surface area contributed by atoms with Crippen molar-refractivity contribution in [3.8, 4) is 0 Å². The van der Waals surface area contributed by atoms with Crippen molar-refractivity contribution in [3.05, 3.63) is 10.4 Å². The zero-order valence-electron chi connectivity index (χ0n) is 7.22. The van der Waals surface area contributed by atoms with E-state index in [1.54, 1.807) is 0 Å². The summed E-state index contributed by atoms with van der Waals surface area (Å²) in [6.45, 7) is 0.568. The summed E-state index contributed by atoms with van der Waals surface area (Å²) in [5.41, 5.74) is 18.5. The molecule has 7 nitrogen and oxygen atoms in total. The largest absolute Gasteiger partial charge is 0.357 e. The molecule has 0 aromatic heterocycles. The molecule has 0 aliphatic carbocycles. The number of rotatable bonds is 6. The number of hydrogen-bond acceptors (Lipinski definition) is 5. The quantitative estimate of drug-likeness (QED) is 0.202. The average molecular weight is 187 g/mol. The third-order valence-electron chi connectivity index (χ3n) is 1.44. The Morgan fingerprint density at radius 2 is 2.31 bits per heavy atom. The van der Waals surface area contributed by atoms with E-state index in [4.69, 9.17) is 17.0 Å². The Kier molecular flexibility index (Phi) is 6.62. The van der Waals surface area contributed by atoms with Gasteiger partial charge in [0.2, 0.25) is 0 Å². The Hall–Kier alpha value is -1.30. The first-order chi connectivity index (χ1) is 6.22. The molecule has 0 spiro atoms. The summed E-state index contributed by atoms with van der Waals surface area (Å²) in [5.74, 6) is -0.713. The second-order valence-corrected chi connectivity index (χ2v) is 2.47. The maximum absolute atomic E-state index is 10.9. The molecule has 0 rings (SSSR count). The summed E-state index contributed by atoms with van der Waals surface area (Å²) < 4.78 is 0. The molecule has 0 amide bonds. The monoisotopic (exact) mass is 187 g/mol. The number of carbonyl (C=O) groups excluding carboxylic acids is 1. The number of nitrogens with two attached hydrogens (primary N) is 2. The smallest absolute Gasteiger partial charge is 0.334 e. The molecule has 0 bridgehead atoms. The van der Waals surface area contributed by atoms with Crippen LogP contribution in [0, 0.1) is 0 Å². The van der Waals surface area contributed by atoms with Crippen molar-refractivity contribution in [1.29, 1.82) is 0 Å². The van der Waals surface area contributed by atoms with Gasteiger partial charge in [-0.3, -0.25) is 0 Å². The van der Waals surface area contributed by atoms with Gasteiger partial charge in [0, 0.05) is 4.91 Å². The van der Waals surface area contributed by atoms with Crippen LogP contribution in [0.3, 0.4) is 0 Å². The highest BCUT2D eigenvalue weighted by atomic mass is 16.7. The molecule has 0 unspecified atom stereocenters. The zero-order chi connectivity index (χ0) is 10.1. The molecule has 7 heteroatoms. The summed E-state index contributed by atoms with van der Waals surface area (Å²) >= 11 is 0. The van der Waals surface area contributed by atoms with Gasteiger partial charge >= 0.3 is 5.97 Å². The van der Waals surface area contributed by atoms with Crippen molar-refractivity contribution in [1.82, 2.24) is 0 Å². The third kappa shape index (κ3) is 5.92. The van der Waals surface area contributed by atoms with Crippen molar-refractivity contribution in [2.24, 2.45) is 16.7 Å². The van der Waals surface area contributed by atoms with Crippen molar-refractivity contribution < 1.29 is 9.63 Å². The summed E-state index contributed by atoms with van der Waals surface area (Å²) in [5, 5.41) is 2.65. The van der Waals surface area contributed by atoms with Crippen LogP contribution >= 0.6 is 0 Å². The highest BCUT2D eigenvalue weighted by Gasteiger charge is 2.13. The molecule has 0 aliphatic heterocycles. The lowest BCUT2D eigenvalue weighted by molar-refractivity contribution is -0.145. The van der Waals surface area contributed by atoms with Gasteiger partial charge in [-0.05, 0) is 24.9 Å². The lowest BCUT2D eigenvalue weighted by atomic mass is 10.1.